The Morgan fingerprint density at radius 2 is 1.88 bits per heavy atom. The molecule has 206 valence electrons. The number of hydrogen-bond acceptors (Lipinski definition) is 6. The number of carbonyl (C=O) groups is 2. The maximum Gasteiger partial charge on any atom is 0.261 e. The van der Waals surface area contributed by atoms with Crippen LogP contribution in [0.1, 0.15) is 52.3 Å². The molecule has 0 radical (unpaired) electrons. The van der Waals surface area contributed by atoms with Crippen LogP contribution in [0.5, 0.6) is 0 Å². The number of nitrogens with zero attached hydrogens (tertiary/aromatic N) is 5. The minimum Gasteiger partial charge on any atom is -0.347 e. The Labute approximate surface area is 242 Å². The molecule has 3 aromatic heterocycles. The van der Waals surface area contributed by atoms with E-state index in [-0.39, 0.29) is 17.7 Å². The molecule has 1 N–H and O–H groups in total. The zero-order valence-electron chi connectivity index (χ0n) is 22.9. The molecule has 0 aliphatic carbocycles. The fourth-order valence-electron chi connectivity index (χ4n) is 4.53. The summed E-state index contributed by atoms with van der Waals surface area (Å²) in [5.41, 5.74) is 4.25. The van der Waals surface area contributed by atoms with Gasteiger partial charge in [-0.1, -0.05) is 32.0 Å². The van der Waals surface area contributed by atoms with E-state index in [1.165, 1.54) is 11.3 Å². The zero-order chi connectivity index (χ0) is 28.8. The van der Waals surface area contributed by atoms with Crippen molar-refractivity contribution in [3.63, 3.8) is 0 Å². The highest BCUT2D eigenvalue weighted by Gasteiger charge is 2.21. The molecule has 0 saturated heterocycles. The summed E-state index contributed by atoms with van der Waals surface area (Å²) in [6.45, 7) is 5.40. The molecular weight excluding hydrogens is 532 g/mol. The van der Waals surface area contributed by atoms with E-state index in [2.05, 4.69) is 21.4 Å². The van der Waals surface area contributed by atoms with Gasteiger partial charge < -0.3 is 14.8 Å². The summed E-state index contributed by atoms with van der Waals surface area (Å²) >= 11 is 1.43. The van der Waals surface area contributed by atoms with Gasteiger partial charge in [0.2, 0.25) is 5.91 Å². The fraction of sp³-hybridized carbons (Fsp3) is 0.219. The van der Waals surface area contributed by atoms with E-state index in [1.807, 2.05) is 66.9 Å². The van der Waals surface area contributed by atoms with Gasteiger partial charge in [0.15, 0.2) is 0 Å². The predicted octanol–water partition coefficient (Wildman–Crippen LogP) is 5.92. The average Bonchev–Trinajstić information content (AvgIpc) is 3.61. The van der Waals surface area contributed by atoms with E-state index in [9.17, 15) is 9.59 Å². The summed E-state index contributed by atoms with van der Waals surface area (Å²) in [6, 6.07) is 21.1. The molecule has 0 fully saturated rings. The predicted molar refractivity (Wildman–Crippen MR) is 160 cm³/mol. The number of nitriles is 1. The number of carbonyl (C=O) groups excluding carboxylic acids is 2. The lowest BCUT2D eigenvalue weighted by molar-refractivity contribution is -0.119. The van der Waals surface area contributed by atoms with Crippen LogP contribution >= 0.6 is 11.3 Å². The number of amides is 2. The lowest BCUT2D eigenvalue weighted by Gasteiger charge is -2.24. The number of benzene rings is 2. The Kier molecular flexibility index (Phi) is 8.51. The first-order valence-electron chi connectivity index (χ1n) is 13.4. The number of fused-ring (bicyclic) bond motifs is 1. The molecular formula is C32H30N6O2S. The molecule has 0 atom stereocenters. The van der Waals surface area contributed by atoms with Gasteiger partial charge >= 0.3 is 0 Å². The number of rotatable bonds is 10. The molecule has 5 rings (SSSR count). The normalized spacial score (nSPS) is 11.0. The SMILES string of the molecule is CC(C)CC(=O)N(Cc1cncn1Cc1ccc(C#N)cc1)c1ccc2sc(C(=O)NCc3cccnc3)cc2c1. The van der Waals surface area contributed by atoms with E-state index in [4.69, 9.17) is 5.26 Å². The first kappa shape index (κ1) is 27.7. The minimum atomic E-state index is -0.143. The van der Waals surface area contributed by atoms with Crippen LogP contribution in [0.3, 0.4) is 0 Å². The highest BCUT2D eigenvalue weighted by Crippen LogP contribution is 2.31. The second-order valence-electron chi connectivity index (χ2n) is 10.3. The molecule has 0 saturated carbocycles. The van der Waals surface area contributed by atoms with Gasteiger partial charge in [0.25, 0.3) is 5.91 Å². The Morgan fingerprint density at radius 3 is 2.61 bits per heavy atom. The van der Waals surface area contributed by atoms with Crippen molar-refractivity contribution in [3.05, 3.63) is 113 Å². The van der Waals surface area contributed by atoms with Crippen molar-refractivity contribution in [2.24, 2.45) is 5.92 Å². The smallest absolute Gasteiger partial charge is 0.261 e. The third-order valence-electron chi connectivity index (χ3n) is 6.65. The van der Waals surface area contributed by atoms with Crippen molar-refractivity contribution in [1.29, 1.82) is 5.26 Å². The van der Waals surface area contributed by atoms with Gasteiger partial charge in [-0.2, -0.15) is 5.26 Å². The summed E-state index contributed by atoms with van der Waals surface area (Å²) in [5, 5.41) is 13.0. The van der Waals surface area contributed by atoms with Crippen LogP contribution < -0.4 is 10.2 Å². The number of thiophene rings is 1. The fourth-order valence-corrected chi connectivity index (χ4v) is 5.49. The Balaban J connectivity index is 1.37. The van der Waals surface area contributed by atoms with E-state index >= 15 is 0 Å². The van der Waals surface area contributed by atoms with Crippen LogP contribution in [0.15, 0.2) is 85.6 Å². The molecule has 9 heteroatoms. The summed E-state index contributed by atoms with van der Waals surface area (Å²) in [7, 11) is 0. The lowest BCUT2D eigenvalue weighted by Crippen LogP contribution is -2.32. The second-order valence-corrected chi connectivity index (χ2v) is 11.4. The van der Waals surface area contributed by atoms with Crippen molar-refractivity contribution < 1.29 is 9.59 Å². The van der Waals surface area contributed by atoms with Crippen LogP contribution in [-0.2, 0) is 24.4 Å². The van der Waals surface area contributed by atoms with Crippen LogP contribution in [-0.4, -0.2) is 26.3 Å². The van der Waals surface area contributed by atoms with Gasteiger partial charge in [0, 0.05) is 48.5 Å². The highest BCUT2D eigenvalue weighted by molar-refractivity contribution is 7.20. The number of imidazole rings is 1. The van der Waals surface area contributed by atoms with E-state index < -0.39 is 0 Å². The maximum absolute atomic E-state index is 13.5. The largest absolute Gasteiger partial charge is 0.347 e. The molecule has 5 aromatic rings. The Morgan fingerprint density at radius 1 is 1.05 bits per heavy atom. The topological polar surface area (TPSA) is 104 Å². The molecule has 0 unspecified atom stereocenters. The summed E-state index contributed by atoms with van der Waals surface area (Å²) < 4.78 is 2.99. The second kappa shape index (κ2) is 12.6. The first-order valence-corrected chi connectivity index (χ1v) is 14.2. The quantitative estimate of drug-likeness (QED) is 0.228. The summed E-state index contributed by atoms with van der Waals surface area (Å²) in [4.78, 5) is 37.2. The summed E-state index contributed by atoms with van der Waals surface area (Å²) in [6.07, 6.45) is 7.39. The third-order valence-corrected chi connectivity index (χ3v) is 7.76. The molecule has 0 aliphatic heterocycles. The van der Waals surface area contributed by atoms with Crippen molar-refractivity contribution in [1.82, 2.24) is 19.9 Å². The summed E-state index contributed by atoms with van der Waals surface area (Å²) in [5.74, 6) is 0.0831. The Hall–Kier alpha value is -4.81. The van der Waals surface area contributed by atoms with Gasteiger partial charge in [-0.05, 0) is 64.9 Å². The number of aromatic nitrogens is 3. The molecule has 0 bridgehead atoms. The van der Waals surface area contributed by atoms with Crippen molar-refractivity contribution in [2.45, 2.75) is 39.9 Å². The molecule has 8 nitrogen and oxygen atoms in total. The first-order chi connectivity index (χ1) is 19.9. The Bertz CT molecular complexity index is 1700. The molecule has 41 heavy (non-hydrogen) atoms. The number of anilines is 1. The van der Waals surface area contributed by atoms with Crippen LogP contribution in [0.4, 0.5) is 5.69 Å². The minimum absolute atomic E-state index is 0.0233. The molecule has 0 spiro atoms. The zero-order valence-corrected chi connectivity index (χ0v) is 23.8. The van der Waals surface area contributed by atoms with Gasteiger partial charge in [-0.3, -0.25) is 14.6 Å². The number of hydrogen-bond donors (Lipinski definition) is 1. The van der Waals surface area contributed by atoms with Crippen LogP contribution in [0.2, 0.25) is 0 Å². The van der Waals surface area contributed by atoms with E-state index in [0.717, 1.165) is 32.6 Å². The van der Waals surface area contributed by atoms with Gasteiger partial charge in [0.05, 0.1) is 35.1 Å². The molecule has 3 heterocycles. The molecule has 2 amide bonds. The monoisotopic (exact) mass is 562 g/mol. The van der Waals surface area contributed by atoms with E-state index in [1.54, 1.807) is 42.0 Å². The van der Waals surface area contributed by atoms with Crippen molar-refractivity contribution in [3.8, 4) is 6.07 Å². The lowest BCUT2D eigenvalue weighted by atomic mass is 10.1. The number of nitrogens with one attached hydrogen (secondary N) is 1. The maximum atomic E-state index is 13.5. The molecule has 0 aliphatic rings. The van der Waals surface area contributed by atoms with Crippen LogP contribution in [0.25, 0.3) is 10.1 Å². The highest BCUT2D eigenvalue weighted by atomic mass is 32.1. The third kappa shape index (κ3) is 6.86. The van der Waals surface area contributed by atoms with Gasteiger partial charge in [-0.25, -0.2) is 4.98 Å². The van der Waals surface area contributed by atoms with Crippen molar-refractivity contribution >= 4 is 38.9 Å². The average molecular weight is 563 g/mol. The van der Waals surface area contributed by atoms with Gasteiger partial charge in [0.1, 0.15) is 0 Å². The van der Waals surface area contributed by atoms with Gasteiger partial charge in [-0.15, -0.1) is 11.3 Å². The number of pyridine rings is 1. The van der Waals surface area contributed by atoms with Crippen LogP contribution in [0, 0.1) is 17.2 Å². The van der Waals surface area contributed by atoms with Crippen molar-refractivity contribution in [2.75, 3.05) is 4.90 Å². The van der Waals surface area contributed by atoms with E-state index in [0.29, 0.717) is 36.5 Å². The standard InChI is InChI=1S/C32H30N6O2S/c1-22(2)12-31(39)38(20-28-18-35-21-37(28)19-24-7-5-23(15-33)6-8-24)27-9-10-29-26(13-27)14-30(41-29)32(40)36-17-25-4-3-11-34-16-25/h3-11,13-14,16,18,21-22H,12,17,19-20H2,1-2H3,(H,36,40). The molecule has 2 aromatic carbocycles.